The lowest BCUT2D eigenvalue weighted by Gasteiger charge is -2.21. The fraction of sp³-hybridized carbons (Fsp3) is 0.353. The molecule has 2 aromatic carbocycles. The Morgan fingerprint density at radius 1 is 1.33 bits per heavy atom. The molecule has 1 saturated heterocycles. The number of fused-ring (bicyclic) bond motifs is 1. The summed E-state index contributed by atoms with van der Waals surface area (Å²) in [5, 5.41) is 14.8. The number of aliphatic carboxylic acids is 1. The first-order chi connectivity index (χ1) is 10.2. The first-order valence-electron chi connectivity index (χ1n) is 7.18. The highest BCUT2D eigenvalue weighted by molar-refractivity contribution is 5.88. The van der Waals surface area contributed by atoms with Crippen molar-refractivity contribution < 1.29 is 14.6 Å². The number of nitrogens with one attached hydrogen (secondary N) is 1. The zero-order chi connectivity index (χ0) is 14.8. The zero-order valence-corrected chi connectivity index (χ0v) is 12.0. The van der Waals surface area contributed by atoms with Crippen LogP contribution in [0.2, 0.25) is 0 Å². The molecule has 0 bridgehead atoms. The van der Waals surface area contributed by atoms with Gasteiger partial charge in [0.05, 0.1) is 6.61 Å². The van der Waals surface area contributed by atoms with Crippen LogP contribution in [0.15, 0.2) is 36.4 Å². The molecule has 21 heavy (non-hydrogen) atoms. The minimum Gasteiger partial charge on any atom is -0.480 e. The summed E-state index contributed by atoms with van der Waals surface area (Å²) in [6.45, 7) is 1.24. The molecular formula is C17H19NO3. The maximum atomic E-state index is 11.5. The molecule has 1 fully saturated rings. The third-order valence-electron chi connectivity index (χ3n) is 4.22. The number of hydrogen-bond acceptors (Lipinski definition) is 3. The van der Waals surface area contributed by atoms with Crippen LogP contribution in [0.5, 0.6) is 0 Å². The van der Waals surface area contributed by atoms with Crippen LogP contribution < -0.4 is 5.32 Å². The Morgan fingerprint density at radius 3 is 2.90 bits per heavy atom. The van der Waals surface area contributed by atoms with E-state index in [-0.39, 0.29) is 5.92 Å². The van der Waals surface area contributed by atoms with Crippen LogP contribution in [0.3, 0.4) is 0 Å². The van der Waals surface area contributed by atoms with Crippen molar-refractivity contribution in [2.75, 3.05) is 13.7 Å². The molecule has 1 aliphatic rings. The van der Waals surface area contributed by atoms with Crippen LogP contribution in [0.1, 0.15) is 23.5 Å². The SMILES string of the molecule is COCc1ccc2ccccc2c1[C@@H]1CCN[C@@H]1C(=O)O. The Labute approximate surface area is 123 Å². The van der Waals surface area contributed by atoms with Gasteiger partial charge in [-0.25, -0.2) is 0 Å². The molecule has 1 aliphatic heterocycles. The molecule has 2 atom stereocenters. The first kappa shape index (κ1) is 14.0. The number of benzene rings is 2. The predicted octanol–water partition coefficient (Wildman–Crippen LogP) is 2.52. The third kappa shape index (κ3) is 2.52. The lowest BCUT2D eigenvalue weighted by molar-refractivity contribution is -0.139. The van der Waals surface area contributed by atoms with E-state index in [1.807, 2.05) is 12.1 Å². The van der Waals surface area contributed by atoms with Crippen LogP contribution in [0, 0.1) is 0 Å². The van der Waals surface area contributed by atoms with Crippen molar-refractivity contribution in [1.29, 1.82) is 0 Å². The summed E-state index contributed by atoms with van der Waals surface area (Å²) in [6, 6.07) is 11.7. The van der Waals surface area contributed by atoms with Crippen molar-refractivity contribution in [3.05, 3.63) is 47.5 Å². The van der Waals surface area contributed by atoms with Gasteiger partial charge in [-0.1, -0.05) is 36.4 Å². The van der Waals surface area contributed by atoms with Crippen LogP contribution in [-0.2, 0) is 16.1 Å². The van der Waals surface area contributed by atoms with Crippen molar-refractivity contribution in [2.24, 2.45) is 0 Å². The number of rotatable bonds is 4. The fourth-order valence-electron chi connectivity index (χ4n) is 3.33. The molecule has 0 saturated carbocycles. The largest absolute Gasteiger partial charge is 0.480 e. The van der Waals surface area contributed by atoms with Gasteiger partial charge in [-0.2, -0.15) is 0 Å². The van der Waals surface area contributed by atoms with E-state index in [1.165, 1.54) is 0 Å². The Kier molecular flexibility index (Phi) is 3.90. The van der Waals surface area contributed by atoms with Gasteiger partial charge < -0.3 is 15.2 Å². The molecule has 0 aromatic heterocycles. The number of carboxylic acids is 1. The fourth-order valence-corrected chi connectivity index (χ4v) is 3.33. The van der Waals surface area contributed by atoms with Crippen molar-refractivity contribution in [1.82, 2.24) is 5.32 Å². The molecule has 0 unspecified atom stereocenters. The summed E-state index contributed by atoms with van der Waals surface area (Å²) in [7, 11) is 1.67. The minimum atomic E-state index is -0.784. The lowest BCUT2D eigenvalue weighted by atomic mass is 9.85. The highest BCUT2D eigenvalue weighted by atomic mass is 16.5. The van der Waals surface area contributed by atoms with Crippen molar-refractivity contribution >= 4 is 16.7 Å². The van der Waals surface area contributed by atoms with Crippen LogP contribution in [0.25, 0.3) is 10.8 Å². The van der Waals surface area contributed by atoms with Gasteiger partial charge in [-0.05, 0) is 34.9 Å². The topological polar surface area (TPSA) is 58.6 Å². The Bertz CT molecular complexity index is 668. The van der Waals surface area contributed by atoms with E-state index in [0.29, 0.717) is 6.61 Å². The third-order valence-corrected chi connectivity index (χ3v) is 4.22. The highest BCUT2D eigenvalue weighted by Gasteiger charge is 2.35. The second-order valence-electron chi connectivity index (χ2n) is 5.46. The van der Waals surface area contributed by atoms with Crippen LogP contribution >= 0.6 is 0 Å². The highest BCUT2D eigenvalue weighted by Crippen LogP contribution is 2.36. The van der Waals surface area contributed by atoms with Crippen molar-refractivity contribution in [3.63, 3.8) is 0 Å². The average molecular weight is 285 g/mol. The van der Waals surface area contributed by atoms with E-state index in [2.05, 4.69) is 29.6 Å². The van der Waals surface area contributed by atoms with E-state index >= 15 is 0 Å². The Balaban J connectivity index is 2.18. The maximum absolute atomic E-state index is 11.5. The second kappa shape index (κ2) is 5.84. The molecule has 3 rings (SSSR count). The molecule has 2 aromatic rings. The van der Waals surface area contributed by atoms with Crippen LogP contribution in [-0.4, -0.2) is 30.8 Å². The normalized spacial score (nSPS) is 21.8. The van der Waals surface area contributed by atoms with Gasteiger partial charge in [0.25, 0.3) is 0 Å². The smallest absolute Gasteiger partial charge is 0.321 e. The van der Waals surface area contributed by atoms with Gasteiger partial charge in [0, 0.05) is 13.0 Å². The Hall–Kier alpha value is -1.91. The van der Waals surface area contributed by atoms with E-state index in [4.69, 9.17) is 4.74 Å². The monoisotopic (exact) mass is 285 g/mol. The van der Waals surface area contributed by atoms with Gasteiger partial charge in [0.2, 0.25) is 0 Å². The summed E-state index contributed by atoms with van der Waals surface area (Å²) in [6.07, 6.45) is 0.835. The molecule has 0 aliphatic carbocycles. The second-order valence-corrected chi connectivity index (χ2v) is 5.46. The molecular weight excluding hydrogens is 266 g/mol. The van der Waals surface area contributed by atoms with Crippen LogP contribution in [0.4, 0.5) is 0 Å². The molecule has 0 spiro atoms. The summed E-state index contributed by atoms with van der Waals surface area (Å²) >= 11 is 0. The molecule has 110 valence electrons. The number of methoxy groups -OCH3 is 1. The van der Waals surface area contributed by atoms with E-state index < -0.39 is 12.0 Å². The maximum Gasteiger partial charge on any atom is 0.321 e. The number of carboxylic acid groups (broad SMARTS) is 1. The summed E-state index contributed by atoms with van der Waals surface area (Å²) in [4.78, 5) is 11.5. The lowest BCUT2D eigenvalue weighted by Crippen LogP contribution is -2.34. The zero-order valence-electron chi connectivity index (χ0n) is 12.0. The van der Waals surface area contributed by atoms with Gasteiger partial charge >= 0.3 is 5.97 Å². The summed E-state index contributed by atoms with van der Waals surface area (Å²) in [5.74, 6) is -0.799. The van der Waals surface area contributed by atoms with Crippen molar-refractivity contribution in [3.8, 4) is 0 Å². The van der Waals surface area contributed by atoms with Gasteiger partial charge in [0.15, 0.2) is 0 Å². The first-order valence-corrected chi connectivity index (χ1v) is 7.18. The quantitative estimate of drug-likeness (QED) is 0.906. The number of carbonyl (C=O) groups is 1. The molecule has 0 amide bonds. The number of hydrogen-bond donors (Lipinski definition) is 2. The summed E-state index contributed by atoms with van der Waals surface area (Å²) in [5.41, 5.74) is 2.20. The molecule has 0 radical (unpaired) electrons. The van der Waals surface area contributed by atoms with Gasteiger partial charge in [-0.15, -0.1) is 0 Å². The van der Waals surface area contributed by atoms with Gasteiger partial charge in [-0.3, -0.25) is 4.79 Å². The Morgan fingerprint density at radius 2 is 2.14 bits per heavy atom. The predicted molar refractivity (Wildman–Crippen MR) is 81.4 cm³/mol. The van der Waals surface area contributed by atoms with E-state index in [0.717, 1.165) is 34.9 Å². The van der Waals surface area contributed by atoms with Gasteiger partial charge in [0.1, 0.15) is 6.04 Å². The summed E-state index contributed by atoms with van der Waals surface area (Å²) < 4.78 is 5.30. The molecule has 4 heteroatoms. The number of ether oxygens (including phenoxy) is 1. The average Bonchev–Trinajstić information content (AvgIpc) is 2.96. The molecule has 2 N–H and O–H groups in total. The molecule has 4 nitrogen and oxygen atoms in total. The van der Waals surface area contributed by atoms with Crippen molar-refractivity contribution in [2.45, 2.75) is 25.0 Å². The molecule has 1 heterocycles. The minimum absolute atomic E-state index is 0.0150. The standard InChI is InChI=1S/C17H19NO3/c1-21-10-12-7-6-11-4-2-3-5-13(11)15(12)14-8-9-18-16(14)17(19)20/h2-7,14,16,18H,8-10H2,1H3,(H,19,20)/t14-,16-/m0/s1. The van der Waals surface area contributed by atoms with E-state index in [1.54, 1.807) is 7.11 Å². The van der Waals surface area contributed by atoms with E-state index in [9.17, 15) is 9.90 Å².